The van der Waals surface area contributed by atoms with Gasteiger partial charge in [0.05, 0.1) is 0 Å². The van der Waals surface area contributed by atoms with Crippen molar-refractivity contribution in [3.05, 3.63) is 47.8 Å². The zero-order valence-electron chi connectivity index (χ0n) is 11.2. The van der Waals surface area contributed by atoms with Gasteiger partial charge < -0.3 is 14.7 Å². The molecule has 6 nitrogen and oxygen atoms in total. The zero-order chi connectivity index (χ0) is 14.8. The summed E-state index contributed by atoms with van der Waals surface area (Å²) in [5.41, 5.74) is 0.854. The number of carboxylic acid groups (broad SMARTS) is 1. The number of carbonyl (C=O) groups excluding carboxylic acids is 1. The minimum Gasteiger partial charge on any atom is -0.480 e. The second-order valence-electron chi connectivity index (χ2n) is 4.92. The number of esters is 1. The molecule has 0 saturated carbocycles. The van der Waals surface area contributed by atoms with Crippen molar-refractivity contribution in [2.45, 2.75) is 18.9 Å². The summed E-state index contributed by atoms with van der Waals surface area (Å²) in [5, 5.41) is 9.13. The third-order valence-corrected chi connectivity index (χ3v) is 3.51. The highest BCUT2D eigenvalue weighted by Gasteiger charge is 2.31. The Labute approximate surface area is 121 Å². The largest absolute Gasteiger partial charge is 0.480 e. The Kier molecular flexibility index (Phi) is 3.43. The summed E-state index contributed by atoms with van der Waals surface area (Å²) in [6.45, 7) is 0.601. The van der Waals surface area contributed by atoms with Crippen LogP contribution in [0.15, 0.2) is 47.2 Å². The first-order valence-corrected chi connectivity index (χ1v) is 6.72. The maximum Gasteiger partial charge on any atom is 0.365 e. The van der Waals surface area contributed by atoms with E-state index < -0.39 is 18.0 Å². The van der Waals surface area contributed by atoms with Crippen molar-refractivity contribution >= 4 is 17.8 Å². The highest BCUT2D eigenvalue weighted by molar-refractivity contribution is 6.11. The smallest absolute Gasteiger partial charge is 0.365 e. The summed E-state index contributed by atoms with van der Waals surface area (Å²) in [6, 6.07) is 8.51. The van der Waals surface area contributed by atoms with E-state index in [0.717, 1.165) is 6.42 Å². The van der Waals surface area contributed by atoms with Crippen molar-refractivity contribution in [1.82, 2.24) is 4.90 Å². The van der Waals surface area contributed by atoms with Crippen molar-refractivity contribution < 1.29 is 19.4 Å². The van der Waals surface area contributed by atoms with E-state index in [9.17, 15) is 9.59 Å². The van der Waals surface area contributed by atoms with Crippen LogP contribution >= 0.6 is 0 Å². The Morgan fingerprint density at radius 1 is 1.38 bits per heavy atom. The van der Waals surface area contributed by atoms with Gasteiger partial charge in [0.25, 0.3) is 0 Å². The Hall–Kier alpha value is -2.63. The molecule has 2 aliphatic rings. The highest BCUT2D eigenvalue weighted by atomic mass is 16.6. The summed E-state index contributed by atoms with van der Waals surface area (Å²) in [6.07, 6.45) is 2.85. The molecule has 108 valence electrons. The summed E-state index contributed by atoms with van der Waals surface area (Å²) in [4.78, 5) is 28.8. The Balaban J connectivity index is 1.85. The third kappa shape index (κ3) is 2.65. The number of hydrogen-bond acceptors (Lipinski definition) is 5. The number of carbonyl (C=O) groups is 2. The molecule has 0 spiro atoms. The Bertz CT molecular complexity index is 636. The first kappa shape index (κ1) is 13.4. The van der Waals surface area contributed by atoms with Crippen LogP contribution in [0.1, 0.15) is 18.4 Å². The van der Waals surface area contributed by atoms with Crippen molar-refractivity contribution in [2.24, 2.45) is 4.99 Å². The summed E-state index contributed by atoms with van der Waals surface area (Å²) < 4.78 is 5.13. The van der Waals surface area contributed by atoms with Crippen LogP contribution in [0.5, 0.6) is 0 Å². The number of carboxylic acids is 1. The molecule has 1 aromatic rings. The standard InChI is InChI=1S/C15H14N2O4/c18-14(19)12-7-4-8-17(12)9-11-15(20)21-13(16-11)10-5-2-1-3-6-10/h1-3,5-6,9,12H,4,7-8H2,(H,18,19)/b11-9+. The summed E-state index contributed by atoms with van der Waals surface area (Å²) >= 11 is 0. The molecule has 0 aromatic heterocycles. The molecule has 1 aromatic carbocycles. The minimum atomic E-state index is -0.886. The first-order chi connectivity index (χ1) is 10.1. The predicted octanol–water partition coefficient (Wildman–Crippen LogP) is 1.38. The van der Waals surface area contributed by atoms with Gasteiger partial charge in [-0.05, 0) is 25.0 Å². The molecule has 0 radical (unpaired) electrons. The predicted molar refractivity (Wildman–Crippen MR) is 74.5 cm³/mol. The lowest BCUT2D eigenvalue weighted by atomic mass is 10.2. The van der Waals surface area contributed by atoms with Crippen LogP contribution in [-0.2, 0) is 14.3 Å². The van der Waals surface area contributed by atoms with E-state index in [2.05, 4.69) is 4.99 Å². The molecule has 0 bridgehead atoms. The average molecular weight is 286 g/mol. The number of aliphatic imine (C=N–C) groups is 1. The topological polar surface area (TPSA) is 79.2 Å². The van der Waals surface area contributed by atoms with E-state index in [1.54, 1.807) is 17.0 Å². The van der Waals surface area contributed by atoms with Crippen molar-refractivity contribution in [1.29, 1.82) is 0 Å². The molecule has 0 aliphatic carbocycles. The average Bonchev–Trinajstić information content (AvgIpc) is 3.08. The van der Waals surface area contributed by atoms with Gasteiger partial charge in [0.1, 0.15) is 6.04 Å². The molecule has 2 heterocycles. The number of likely N-dealkylation sites (tertiary alicyclic amines) is 1. The lowest BCUT2D eigenvalue weighted by molar-refractivity contribution is -0.141. The number of nitrogens with zero attached hydrogens (tertiary/aromatic N) is 2. The van der Waals surface area contributed by atoms with Crippen LogP contribution in [0.3, 0.4) is 0 Å². The number of cyclic esters (lactones) is 1. The quantitative estimate of drug-likeness (QED) is 0.671. The maximum absolute atomic E-state index is 11.8. The van der Waals surface area contributed by atoms with Crippen LogP contribution < -0.4 is 0 Å². The van der Waals surface area contributed by atoms with E-state index in [4.69, 9.17) is 9.84 Å². The number of benzene rings is 1. The van der Waals surface area contributed by atoms with E-state index in [0.29, 0.717) is 18.5 Å². The number of hydrogen-bond donors (Lipinski definition) is 1. The highest BCUT2D eigenvalue weighted by Crippen LogP contribution is 2.22. The molecule has 2 aliphatic heterocycles. The molecule has 0 amide bonds. The maximum atomic E-state index is 11.8. The van der Waals surface area contributed by atoms with Gasteiger partial charge in [0.15, 0.2) is 5.70 Å². The van der Waals surface area contributed by atoms with Crippen molar-refractivity contribution in [3.63, 3.8) is 0 Å². The van der Waals surface area contributed by atoms with E-state index in [1.165, 1.54) is 6.20 Å². The van der Waals surface area contributed by atoms with Gasteiger partial charge in [-0.15, -0.1) is 0 Å². The van der Waals surface area contributed by atoms with Gasteiger partial charge in [-0.3, -0.25) is 0 Å². The summed E-state index contributed by atoms with van der Waals surface area (Å²) in [5.74, 6) is -1.19. The lowest BCUT2D eigenvalue weighted by Gasteiger charge is -2.18. The monoisotopic (exact) mass is 286 g/mol. The van der Waals surface area contributed by atoms with Crippen molar-refractivity contribution in [3.8, 4) is 0 Å². The van der Waals surface area contributed by atoms with Crippen LogP contribution in [-0.4, -0.2) is 40.4 Å². The lowest BCUT2D eigenvalue weighted by Crippen LogP contribution is -2.32. The fourth-order valence-electron chi connectivity index (χ4n) is 2.47. The molecule has 3 rings (SSSR count). The number of rotatable bonds is 3. The first-order valence-electron chi connectivity index (χ1n) is 6.72. The van der Waals surface area contributed by atoms with Gasteiger partial charge in [0, 0.05) is 18.3 Å². The molecule has 21 heavy (non-hydrogen) atoms. The minimum absolute atomic E-state index is 0.141. The molecule has 6 heteroatoms. The molecule has 1 unspecified atom stereocenters. The summed E-state index contributed by atoms with van der Waals surface area (Å²) in [7, 11) is 0. The molecule has 1 fully saturated rings. The third-order valence-electron chi connectivity index (χ3n) is 3.51. The van der Waals surface area contributed by atoms with E-state index >= 15 is 0 Å². The Morgan fingerprint density at radius 2 is 2.14 bits per heavy atom. The van der Waals surface area contributed by atoms with Gasteiger partial charge in [-0.2, -0.15) is 0 Å². The van der Waals surface area contributed by atoms with Gasteiger partial charge in [-0.25, -0.2) is 14.6 Å². The van der Waals surface area contributed by atoms with Gasteiger partial charge in [0.2, 0.25) is 5.90 Å². The molecule has 1 atom stereocenters. The van der Waals surface area contributed by atoms with E-state index in [1.807, 2.05) is 18.2 Å². The Morgan fingerprint density at radius 3 is 2.86 bits per heavy atom. The van der Waals surface area contributed by atoms with Crippen molar-refractivity contribution in [2.75, 3.05) is 6.54 Å². The van der Waals surface area contributed by atoms with E-state index in [-0.39, 0.29) is 11.6 Å². The molecule has 1 saturated heterocycles. The van der Waals surface area contributed by atoms with Crippen LogP contribution in [0.25, 0.3) is 0 Å². The normalized spacial score (nSPS) is 23.3. The zero-order valence-corrected chi connectivity index (χ0v) is 11.2. The fraction of sp³-hybridized carbons (Fsp3) is 0.267. The molecule has 1 N–H and O–H groups in total. The number of aliphatic carboxylic acids is 1. The van der Waals surface area contributed by atoms with Crippen LogP contribution in [0, 0.1) is 0 Å². The number of ether oxygens (including phenoxy) is 1. The van der Waals surface area contributed by atoms with Crippen LogP contribution in [0.2, 0.25) is 0 Å². The van der Waals surface area contributed by atoms with Gasteiger partial charge in [-0.1, -0.05) is 18.2 Å². The molecular weight excluding hydrogens is 272 g/mol. The van der Waals surface area contributed by atoms with Gasteiger partial charge >= 0.3 is 11.9 Å². The molecular formula is C15H14N2O4. The second kappa shape index (κ2) is 5.40. The SMILES string of the molecule is O=C1OC(c2ccccc2)=N/C1=C/N1CCCC1C(=O)O. The van der Waals surface area contributed by atoms with Crippen LogP contribution in [0.4, 0.5) is 0 Å². The second-order valence-corrected chi connectivity index (χ2v) is 4.92. The fourth-order valence-corrected chi connectivity index (χ4v) is 2.47.